The van der Waals surface area contributed by atoms with Crippen LogP contribution in [-0.2, 0) is 20.9 Å². The predicted octanol–water partition coefficient (Wildman–Crippen LogP) is 5.54. The maximum Gasteiger partial charge on any atom is 0.407 e. The Morgan fingerprint density at radius 3 is 2.59 bits per heavy atom. The summed E-state index contributed by atoms with van der Waals surface area (Å²) >= 11 is 0. The molecule has 2 aromatic rings. The van der Waals surface area contributed by atoms with Crippen molar-refractivity contribution in [1.82, 2.24) is 25.6 Å². The number of carbonyl (C=O) groups is 3. The standard InChI is InChI=1S/C34H47N5O5/c1-2-13-26(41)15-5-4-12-22-39-33-29-18-10-9-17-28(29)30(24-25-14-7-8-16-27(25)32(33)37-38-39)44-34(43)36-20-11-3-6-19-31(42)35-21-23-40/h7-10,14,16-18,25,27,30,40H,2-6,11-13,15,19-24H2,1H3,(H,35,42)(H,36,43). The summed E-state index contributed by atoms with van der Waals surface area (Å²) in [5, 5.41) is 23.6. The van der Waals surface area contributed by atoms with Gasteiger partial charge in [-0.2, -0.15) is 0 Å². The van der Waals surface area contributed by atoms with Crippen molar-refractivity contribution in [3.05, 3.63) is 59.8 Å². The zero-order valence-electron chi connectivity index (χ0n) is 25.9. The van der Waals surface area contributed by atoms with Crippen molar-refractivity contribution in [2.75, 3.05) is 19.7 Å². The maximum absolute atomic E-state index is 13.0. The third-order valence-corrected chi connectivity index (χ3v) is 8.26. The maximum atomic E-state index is 13.0. The highest BCUT2D eigenvalue weighted by atomic mass is 16.6. The summed E-state index contributed by atoms with van der Waals surface area (Å²) in [5.41, 5.74) is 3.82. The molecular weight excluding hydrogens is 558 g/mol. The summed E-state index contributed by atoms with van der Waals surface area (Å²) in [7, 11) is 0. The number of rotatable bonds is 17. The minimum Gasteiger partial charge on any atom is -0.441 e. The number of alkyl carbamates (subject to hydrolysis) is 1. The minimum atomic E-state index is -0.456. The molecule has 0 saturated heterocycles. The van der Waals surface area contributed by atoms with E-state index >= 15 is 0 Å². The first kappa shape index (κ1) is 33.1. The van der Waals surface area contributed by atoms with E-state index < -0.39 is 12.2 Å². The Labute approximate surface area is 260 Å². The van der Waals surface area contributed by atoms with E-state index in [9.17, 15) is 14.4 Å². The van der Waals surface area contributed by atoms with Crippen molar-refractivity contribution in [2.24, 2.45) is 5.92 Å². The molecule has 3 atom stereocenters. The fraction of sp³-hybridized carbons (Fsp3) is 0.559. The molecule has 0 aliphatic heterocycles. The number of unbranched alkanes of at least 4 members (excludes halogenated alkanes) is 4. The third kappa shape index (κ3) is 9.35. The average Bonchev–Trinajstić information content (AvgIpc) is 3.44. The van der Waals surface area contributed by atoms with Gasteiger partial charge in [0.15, 0.2) is 0 Å². The van der Waals surface area contributed by atoms with Crippen LogP contribution >= 0.6 is 0 Å². The first-order chi connectivity index (χ1) is 21.5. The van der Waals surface area contributed by atoms with E-state index in [-0.39, 0.29) is 30.9 Å². The van der Waals surface area contributed by atoms with Crippen LogP contribution in [0.15, 0.2) is 48.6 Å². The van der Waals surface area contributed by atoms with Gasteiger partial charge in [-0.1, -0.05) is 73.5 Å². The number of hydrogen-bond donors (Lipinski definition) is 3. The first-order valence-corrected chi connectivity index (χ1v) is 16.2. The van der Waals surface area contributed by atoms with Gasteiger partial charge < -0.3 is 20.5 Å². The molecule has 1 aromatic carbocycles. The number of nitrogens with one attached hydrogen (secondary N) is 2. The molecule has 10 nitrogen and oxygen atoms in total. The van der Waals surface area contributed by atoms with Gasteiger partial charge in [-0.15, -0.1) is 5.10 Å². The Morgan fingerprint density at radius 2 is 1.75 bits per heavy atom. The Bertz CT molecular complexity index is 1300. The number of aromatic nitrogens is 3. The number of amides is 2. The number of carbonyl (C=O) groups excluding carboxylic acids is 3. The van der Waals surface area contributed by atoms with Gasteiger partial charge in [0.25, 0.3) is 0 Å². The van der Waals surface area contributed by atoms with Gasteiger partial charge in [0.2, 0.25) is 5.91 Å². The number of aliphatic hydroxyl groups excluding tert-OH is 1. The summed E-state index contributed by atoms with van der Waals surface area (Å²) in [5.74, 6) is 0.381. The van der Waals surface area contributed by atoms with Gasteiger partial charge in [-0.05, 0) is 44.4 Å². The van der Waals surface area contributed by atoms with E-state index in [0.717, 1.165) is 61.0 Å². The zero-order valence-corrected chi connectivity index (χ0v) is 25.9. The van der Waals surface area contributed by atoms with Crippen LogP contribution in [0.2, 0.25) is 0 Å². The smallest absolute Gasteiger partial charge is 0.407 e. The lowest BCUT2D eigenvalue weighted by Crippen LogP contribution is -2.29. The van der Waals surface area contributed by atoms with Crippen molar-refractivity contribution < 1.29 is 24.2 Å². The van der Waals surface area contributed by atoms with Gasteiger partial charge in [-0.25, -0.2) is 9.48 Å². The summed E-state index contributed by atoms with van der Waals surface area (Å²) in [6, 6.07) is 8.06. The van der Waals surface area contributed by atoms with Crippen LogP contribution < -0.4 is 10.6 Å². The molecule has 0 fully saturated rings. The van der Waals surface area contributed by atoms with Crippen LogP contribution in [0.5, 0.6) is 0 Å². The van der Waals surface area contributed by atoms with E-state index in [0.29, 0.717) is 51.0 Å². The number of benzene rings is 1. The zero-order chi connectivity index (χ0) is 31.1. The molecule has 0 radical (unpaired) electrons. The van der Waals surface area contributed by atoms with Crippen molar-refractivity contribution in [2.45, 2.75) is 96.1 Å². The highest BCUT2D eigenvalue weighted by Crippen LogP contribution is 2.45. The summed E-state index contributed by atoms with van der Waals surface area (Å²) in [6.07, 6.45) is 15.7. The number of fused-ring (bicyclic) bond motifs is 5. The molecule has 4 rings (SSSR count). The first-order valence-electron chi connectivity index (χ1n) is 16.2. The molecule has 0 spiro atoms. The molecule has 3 N–H and O–H groups in total. The number of ketones is 1. The Morgan fingerprint density at radius 1 is 0.955 bits per heavy atom. The topological polar surface area (TPSA) is 135 Å². The largest absolute Gasteiger partial charge is 0.441 e. The minimum absolute atomic E-state index is 0.0208. The van der Waals surface area contributed by atoms with Crippen molar-refractivity contribution in [3.63, 3.8) is 0 Å². The Balaban J connectivity index is 1.42. The molecule has 1 heterocycles. The summed E-state index contributed by atoms with van der Waals surface area (Å²) < 4.78 is 8.08. The second kappa shape index (κ2) is 17.5. The molecule has 2 aliphatic rings. The summed E-state index contributed by atoms with van der Waals surface area (Å²) in [4.78, 5) is 36.6. The van der Waals surface area contributed by atoms with Crippen LogP contribution in [0.4, 0.5) is 4.79 Å². The average molecular weight is 606 g/mol. The number of allylic oxidation sites excluding steroid dienone is 4. The SMILES string of the molecule is CCCC(=O)CCCCCn1nnc2c1-c1ccccc1C(OC(=O)NCCCCCC(=O)NCCO)CC1C=CC=CC21. The molecule has 10 heteroatoms. The van der Waals surface area contributed by atoms with Gasteiger partial charge >= 0.3 is 6.09 Å². The van der Waals surface area contributed by atoms with Gasteiger partial charge in [0.1, 0.15) is 11.9 Å². The Kier molecular flexibility index (Phi) is 13.2. The van der Waals surface area contributed by atoms with E-state index in [2.05, 4.69) is 39.2 Å². The molecular formula is C34H47N5O5. The number of nitrogens with zero attached hydrogens (tertiary/aromatic N) is 3. The van der Waals surface area contributed by atoms with Crippen LogP contribution in [0, 0.1) is 5.92 Å². The van der Waals surface area contributed by atoms with Gasteiger partial charge in [0.05, 0.1) is 18.0 Å². The third-order valence-electron chi connectivity index (χ3n) is 8.26. The predicted molar refractivity (Wildman–Crippen MR) is 169 cm³/mol. The highest BCUT2D eigenvalue weighted by molar-refractivity contribution is 5.78. The van der Waals surface area contributed by atoms with Gasteiger partial charge in [0, 0.05) is 55.9 Å². The van der Waals surface area contributed by atoms with Crippen LogP contribution in [0.1, 0.15) is 101 Å². The molecule has 238 valence electrons. The lowest BCUT2D eigenvalue weighted by molar-refractivity contribution is -0.121. The molecule has 2 aliphatic carbocycles. The fourth-order valence-electron chi connectivity index (χ4n) is 6.03. The lowest BCUT2D eigenvalue weighted by Gasteiger charge is -2.31. The van der Waals surface area contributed by atoms with E-state index in [1.165, 1.54) is 0 Å². The highest BCUT2D eigenvalue weighted by Gasteiger charge is 2.36. The van der Waals surface area contributed by atoms with Crippen LogP contribution in [0.3, 0.4) is 0 Å². The second-order valence-corrected chi connectivity index (χ2v) is 11.6. The van der Waals surface area contributed by atoms with E-state index in [1.54, 1.807) is 0 Å². The monoisotopic (exact) mass is 605 g/mol. The van der Waals surface area contributed by atoms with Crippen molar-refractivity contribution >= 4 is 17.8 Å². The van der Waals surface area contributed by atoms with Crippen LogP contribution in [-0.4, -0.2) is 57.6 Å². The molecule has 44 heavy (non-hydrogen) atoms. The number of Topliss-reactive ketones (excluding diaryl/α,β-unsaturated/α-hetero) is 1. The normalized spacial score (nSPS) is 18.4. The van der Waals surface area contributed by atoms with Gasteiger partial charge in [-0.3, -0.25) is 9.59 Å². The second-order valence-electron chi connectivity index (χ2n) is 11.6. The number of ether oxygens (including phenoxy) is 1. The van der Waals surface area contributed by atoms with Crippen LogP contribution in [0.25, 0.3) is 11.3 Å². The van der Waals surface area contributed by atoms with E-state index in [4.69, 9.17) is 9.84 Å². The number of aliphatic hydroxyl groups is 1. The lowest BCUT2D eigenvalue weighted by atomic mass is 9.77. The fourth-order valence-corrected chi connectivity index (χ4v) is 6.03. The quantitative estimate of drug-likeness (QED) is 0.202. The number of aryl methyl sites for hydroxylation is 1. The van der Waals surface area contributed by atoms with Crippen molar-refractivity contribution in [1.29, 1.82) is 0 Å². The Hall–Kier alpha value is -3.79. The molecule has 3 unspecified atom stereocenters. The van der Waals surface area contributed by atoms with Crippen molar-refractivity contribution in [3.8, 4) is 11.3 Å². The molecule has 0 bridgehead atoms. The van der Waals surface area contributed by atoms with E-state index in [1.807, 2.05) is 42.0 Å². The molecule has 1 aromatic heterocycles. The number of hydrogen-bond acceptors (Lipinski definition) is 7. The molecule has 2 amide bonds. The molecule has 0 saturated carbocycles. The summed E-state index contributed by atoms with van der Waals surface area (Å²) in [6.45, 7) is 3.40.